The summed E-state index contributed by atoms with van der Waals surface area (Å²) in [5, 5.41) is 3.80. The third-order valence-corrected chi connectivity index (χ3v) is 4.42. The van der Waals surface area contributed by atoms with Gasteiger partial charge in [-0.25, -0.2) is 0 Å². The summed E-state index contributed by atoms with van der Waals surface area (Å²) in [5.74, 6) is 0.886. The van der Waals surface area contributed by atoms with E-state index in [1.807, 2.05) is 0 Å². The smallest absolute Gasteiger partial charge is 0.264 e. The molecule has 0 heterocycles. The highest BCUT2D eigenvalue weighted by Crippen LogP contribution is 2.14. The Kier molecular flexibility index (Phi) is 22.7. The lowest BCUT2D eigenvalue weighted by molar-refractivity contribution is -0.215. The number of thiocarbonyl (C=S) groups is 1. The van der Waals surface area contributed by atoms with E-state index in [9.17, 15) is 0 Å². The van der Waals surface area contributed by atoms with Gasteiger partial charge in [0, 0.05) is 18.8 Å². The van der Waals surface area contributed by atoms with E-state index in [4.69, 9.17) is 12.2 Å². The summed E-state index contributed by atoms with van der Waals surface area (Å²) in [5.41, 5.74) is 3.67. The van der Waals surface area contributed by atoms with Crippen LogP contribution < -0.4 is 28.0 Å². The Balaban J connectivity index is 0. The molecule has 0 aromatic heterocycles. The van der Waals surface area contributed by atoms with Gasteiger partial charge in [0.05, 0.1) is 0 Å². The highest BCUT2D eigenvalue weighted by Gasteiger charge is 1.96. The normalized spacial score (nSPS) is 10.6. The lowest BCUT2D eigenvalue weighted by atomic mass is 10.0. The molecule has 0 unspecified atom stereocenters. The molecule has 0 saturated carbocycles. The van der Waals surface area contributed by atoms with Crippen molar-refractivity contribution in [3.63, 3.8) is 0 Å². The van der Waals surface area contributed by atoms with Crippen LogP contribution in [0.3, 0.4) is 0 Å². The fourth-order valence-corrected chi connectivity index (χ4v) is 2.95. The van der Waals surface area contributed by atoms with Crippen LogP contribution >= 0.6 is 12.2 Å². The quantitative estimate of drug-likeness (QED) is 0.303. The van der Waals surface area contributed by atoms with E-state index in [1.165, 1.54) is 89.9 Å². The summed E-state index contributed by atoms with van der Waals surface area (Å²) >= 11 is 4.88. The summed E-state index contributed by atoms with van der Waals surface area (Å²) in [6.07, 6.45) is 19.8. The van der Waals surface area contributed by atoms with E-state index in [-0.39, 0.29) is 17.0 Å². The maximum Gasteiger partial charge on any atom is 0.264 e. The summed E-state index contributed by atoms with van der Waals surface area (Å²) in [4.78, 5) is 0. The van der Waals surface area contributed by atoms with Gasteiger partial charge in [0.25, 0.3) is 5.11 Å². The SMILES string of the molecule is CC(C)CCCCCCCCCCCCCCCNC([NH3+])=S.[Br-]. The molecule has 0 radical (unpaired) electrons. The average Bonchev–Trinajstić information content (AvgIpc) is 2.46. The van der Waals surface area contributed by atoms with E-state index in [2.05, 4.69) is 24.9 Å². The molecule has 0 aromatic carbocycles. The van der Waals surface area contributed by atoms with Crippen LogP contribution in [0.15, 0.2) is 0 Å². The zero-order valence-electron chi connectivity index (χ0n) is 15.7. The number of rotatable bonds is 16. The van der Waals surface area contributed by atoms with Crippen molar-refractivity contribution in [2.45, 2.75) is 104 Å². The van der Waals surface area contributed by atoms with Crippen molar-refractivity contribution >= 4 is 17.3 Å². The molecule has 0 bridgehead atoms. The molecule has 0 atom stereocenters. The molecule has 4 heteroatoms. The third kappa shape index (κ3) is 24.7. The molecule has 0 saturated heterocycles. The number of hydrogen-bond acceptors (Lipinski definition) is 1. The Bertz CT molecular complexity index is 248. The molecule has 140 valence electrons. The second kappa shape index (κ2) is 20.4. The Morgan fingerprint density at radius 2 is 1.09 bits per heavy atom. The second-order valence-corrected chi connectivity index (χ2v) is 7.62. The molecule has 4 N–H and O–H groups in total. The molecule has 0 fully saturated rings. The van der Waals surface area contributed by atoms with Gasteiger partial charge >= 0.3 is 0 Å². The van der Waals surface area contributed by atoms with Crippen molar-refractivity contribution in [3.05, 3.63) is 0 Å². The summed E-state index contributed by atoms with van der Waals surface area (Å²) in [6, 6.07) is 0. The van der Waals surface area contributed by atoms with Crippen molar-refractivity contribution < 1.29 is 22.7 Å². The first-order valence-corrected chi connectivity index (χ1v) is 10.1. The Morgan fingerprint density at radius 1 is 0.739 bits per heavy atom. The predicted octanol–water partition coefficient (Wildman–Crippen LogP) is 2.22. The minimum absolute atomic E-state index is 0. The largest absolute Gasteiger partial charge is 1.00 e. The third-order valence-electron chi connectivity index (χ3n) is 4.28. The van der Waals surface area contributed by atoms with E-state index < -0.39 is 0 Å². The van der Waals surface area contributed by atoms with Gasteiger partial charge in [0.2, 0.25) is 0 Å². The Morgan fingerprint density at radius 3 is 1.43 bits per heavy atom. The Hall–Kier alpha value is 0.330. The minimum atomic E-state index is 0. The zero-order valence-corrected chi connectivity index (χ0v) is 18.1. The summed E-state index contributed by atoms with van der Waals surface area (Å²) in [7, 11) is 0. The van der Waals surface area contributed by atoms with E-state index in [0.29, 0.717) is 5.11 Å². The molecular weight excluding hydrogens is 368 g/mol. The van der Waals surface area contributed by atoms with Gasteiger partial charge < -0.3 is 28.0 Å². The lowest BCUT2D eigenvalue weighted by Gasteiger charge is -2.05. The number of hydrogen-bond donors (Lipinski definition) is 2. The molecule has 0 aliphatic rings. The van der Waals surface area contributed by atoms with Gasteiger partial charge in [-0.1, -0.05) is 97.3 Å². The summed E-state index contributed by atoms with van der Waals surface area (Å²) in [6.45, 7) is 5.66. The molecule has 0 aliphatic heterocycles. The van der Waals surface area contributed by atoms with Crippen molar-refractivity contribution in [1.29, 1.82) is 0 Å². The van der Waals surface area contributed by atoms with Gasteiger partial charge in [-0.15, -0.1) is 0 Å². The highest BCUT2D eigenvalue weighted by atomic mass is 79.9. The first-order valence-electron chi connectivity index (χ1n) is 9.72. The number of unbranched alkanes of at least 4 members (excludes halogenated alkanes) is 12. The number of nitrogens with one attached hydrogen (secondary N) is 1. The molecule has 0 amide bonds. The first kappa shape index (κ1) is 25.6. The van der Waals surface area contributed by atoms with Crippen molar-refractivity contribution in [3.8, 4) is 0 Å². The van der Waals surface area contributed by atoms with E-state index in [1.54, 1.807) is 0 Å². The number of halogens is 1. The van der Waals surface area contributed by atoms with Crippen LogP contribution in [0.25, 0.3) is 0 Å². The van der Waals surface area contributed by atoms with E-state index in [0.717, 1.165) is 12.5 Å². The molecule has 2 nitrogen and oxygen atoms in total. The van der Waals surface area contributed by atoms with Crippen LogP contribution in [-0.2, 0) is 0 Å². The highest BCUT2D eigenvalue weighted by molar-refractivity contribution is 7.79. The molecular formula is C19H41BrN2S. The maximum atomic E-state index is 4.88. The molecule has 0 aromatic rings. The minimum Gasteiger partial charge on any atom is -1.00 e. The summed E-state index contributed by atoms with van der Waals surface area (Å²) < 4.78 is 0. The molecule has 0 rings (SSSR count). The standard InChI is InChI=1S/C19H40N2S.BrH/c1-18(2)16-14-12-10-8-6-4-3-5-7-9-11-13-15-17-21-19(20)22;/h18H,3-17H2,1-2H3,(H3,20,21,22);1H. The van der Waals surface area contributed by atoms with Gasteiger partial charge in [0.1, 0.15) is 0 Å². The monoisotopic (exact) mass is 408 g/mol. The maximum absolute atomic E-state index is 4.88. The van der Waals surface area contributed by atoms with Crippen molar-refractivity contribution in [2.24, 2.45) is 5.92 Å². The molecule has 0 spiro atoms. The second-order valence-electron chi connectivity index (χ2n) is 7.13. The van der Waals surface area contributed by atoms with Gasteiger partial charge in [-0.3, -0.25) is 0 Å². The van der Waals surface area contributed by atoms with Crippen LogP contribution in [0, 0.1) is 5.92 Å². The van der Waals surface area contributed by atoms with Crippen LogP contribution in [0.5, 0.6) is 0 Å². The fraction of sp³-hybridized carbons (Fsp3) is 0.947. The van der Waals surface area contributed by atoms with Crippen LogP contribution in [0.2, 0.25) is 0 Å². The van der Waals surface area contributed by atoms with Gasteiger partial charge in [0.15, 0.2) is 0 Å². The zero-order chi connectivity index (χ0) is 16.5. The van der Waals surface area contributed by atoms with Crippen molar-refractivity contribution in [1.82, 2.24) is 5.32 Å². The molecule has 0 aliphatic carbocycles. The van der Waals surface area contributed by atoms with Crippen LogP contribution in [-0.4, -0.2) is 11.7 Å². The molecule has 23 heavy (non-hydrogen) atoms. The van der Waals surface area contributed by atoms with E-state index >= 15 is 0 Å². The lowest BCUT2D eigenvalue weighted by Crippen LogP contribution is -3.00. The van der Waals surface area contributed by atoms with Gasteiger partial charge in [-0.05, 0) is 12.3 Å². The number of quaternary nitrogens is 1. The predicted molar refractivity (Wildman–Crippen MR) is 103 cm³/mol. The fourth-order valence-electron chi connectivity index (χ4n) is 2.85. The van der Waals surface area contributed by atoms with Crippen LogP contribution in [0.1, 0.15) is 104 Å². The van der Waals surface area contributed by atoms with Crippen molar-refractivity contribution in [2.75, 3.05) is 6.54 Å². The van der Waals surface area contributed by atoms with Crippen LogP contribution in [0.4, 0.5) is 0 Å². The van der Waals surface area contributed by atoms with Gasteiger partial charge in [-0.2, -0.15) is 0 Å². The average molecular weight is 410 g/mol. The first-order chi connectivity index (χ1) is 10.6. The topological polar surface area (TPSA) is 39.7 Å². The Labute approximate surface area is 161 Å².